The van der Waals surface area contributed by atoms with Crippen molar-refractivity contribution in [3.05, 3.63) is 34.6 Å². The monoisotopic (exact) mass is 298 g/mol. The van der Waals surface area contributed by atoms with Crippen LogP contribution < -0.4 is 5.32 Å². The lowest BCUT2D eigenvalue weighted by atomic mass is 10.0. The van der Waals surface area contributed by atoms with Crippen molar-refractivity contribution in [1.29, 1.82) is 0 Å². The average Bonchev–Trinajstić information content (AvgIpc) is 2.58. The Kier molecular flexibility index (Phi) is 5.42. The molecule has 1 aromatic carbocycles. The van der Waals surface area contributed by atoms with E-state index in [1.54, 1.807) is 6.07 Å². The maximum Gasteiger partial charge on any atom is 0.142 e. The molecule has 0 spiro atoms. The smallest absolute Gasteiger partial charge is 0.142 e. The fourth-order valence-corrected chi connectivity index (χ4v) is 2.90. The summed E-state index contributed by atoms with van der Waals surface area (Å²) >= 11 is 6.08. The second-order valence-corrected chi connectivity index (χ2v) is 6.46. The van der Waals surface area contributed by atoms with Gasteiger partial charge in [0.2, 0.25) is 0 Å². The summed E-state index contributed by atoms with van der Waals surface area (Å²) in [6.07, 6.45) is 1.11. The van der Waals surface area contributed by atoms with Crippen LogP contribution in [0.4, 0.5) is 4.39 Å². The third-order valence-electron chi connectivity index (χ3n) is 4.23. The van der Waals surface area contributed by atoms with E-state index in [9.17, 15) is 4.39 Å². The maximum atomic E-state index is 13.6. The SMILES string of the molecule is CC(C)C1CN(Cc2cccc(F)c2Cl)C(C)CCN1. The summed E-state index contributed by atoms with van der Waals surface area (Å²) in [5, 5.41) is 3.87. The highest BCUT2D eigenvalue weighted by Crippen LogP contribution is 2.23. The van der Waals surface area contributed by atoms with Gasteiger partial charge in [0, 0.05) is 25.2 Å². The van der Waals surface area contributed by atoms with E-state index in [-0.39, 0.29) is 10.8 Å². The summed E-state index contributed by atoms with van der Waals surface area (Å²) in [6.45, 7) is 9.44. The molecule has 1 fully saturated rings. The zero-order chi connectivity index (χ0) is 14.7. The van der Waals surface area contributed by atoms with Crippen molar-refractivity contribution in [3.63, 3.8) is 0 Å². The highest BCUT2D eigenvalue weighted by molar-refractivity contribution is 6.31. The Bertz CT molecular complexity index is 450. The summed E-state index contributed by atoms with van der Waals surface area (Å²) in [5.74, 6) is 0.260. The third-order valence-corrected chi connectivity index (χ3v) is 4.66. The van der Waals surface area contributed by atoms with Crippen LogP contribution in [-0.4, -0.2) is 30.1 Å². The molecule has 0 amide bonds. The van der Waals surface area contributed by atoms with Gasteiger partial charge < -0.3 is 5.32 Å². The zero-order valence-electron chi connectivity index (χ0n) is 12.5. The van der Waals surface area contributed by atoms with Crippen LogP contribution in [0.1, 0.15) is 32.8 Å². The molecule has 4 heteroatoms. The summed E-state index contributed by atoms with van der Waals surface area (Å²) in [6, 6.07) is 6.02. The van der Waals surface area contributed by atoms with Gasteiger partial charge in [0.05, 0.1) is 5.02 Å². The quantitative estimate of drug-likeness (QED) is 0.915. The van der Waals surface area contributed by atoms with Crippen LogP contribution in [0.2, 0.25) is 5.02 Å². The van der Waals surface area contributed by atoms with Crippen LogP contribution in [0, 0.1) is 11.7 Å². The lowest BCUT2D eigenvalue weighted by molar-refractivity contribution is 0.184. The molecule has 1 heterocycles. The lowest BCUT2D eigenvalue weighted by Crippen LogP contribution is -2.42. The Labute approximate surface area is 126 Å². The molecule has 2 rings (SSSR count). The van der Waals surface area contributed by atoms with Crippen LogP contribution in [0.25, 0.3) is 0 Å². The van der Waals surface area contributed by atoms with E-state index in [2.05, 4.69) is 31.0 Å². The summed E-state index contributed by atoms with van der Waals surface area (Å²) in [5.41, 5.74) is 0.878. The molecule has 0 saturated carbocycles. The zero-order valence-corrected chi connectivity index (χ0v) is 13.3. The van der Waals surface area contributed by atoms with E-state index in [1.165, 1.54) is 6.07 Å². The van der Waals surface area contributed by atoms with Gasteiger partial charge in [-0.1, -0.05) is 37.6 Å². The molecule has 0 bridgehead atoms. The van der Waals surface area contributed by atoms with Crippen molar-refractivity contribution < 1.29 is 4.39 Å². The average molecular weight is 299 g/mol. The van der Waals surface area contributed by atoms with Crippen molar-refractivity contribution in [2.75, 3.05) is 13.1 Å². The van der Waals surface area contributed by atoms with E-state index < -0.39 is 0 Å². The van der Waals surface area contributed by atoms with Gasteiger partial charge >= 0.3 is 0 Å². The Balaban J connectivity index is 2.14. The van der Waals surface area contributed by atoms with Crippen molar-refractivity contribution in [1.82, 2.24) is 10.2 Å². The van der Waals surface area contributed by atoms with Gasteiger partial charge in [-0.05, 0) is 37.4 Å². The highest BCUT2D eigenvalue weighted by atomic mass is 35.5. The first-order valence-electron chi connectivity index (χ1n) is 7.39. The minimum absolute atomic E-state index is 0.262. The molecule has 2 unspecified atom stereocenters. The molecule has 20 heavy (non-hydrogen) atoms. The molecule has 0 aliphatic carbocycles. The number of rotatable bonds is 3. The molecule has 1 saturated heterocycles. The molecule has 112 valence electrons. The van der Waals surface area contributed by atoms with Gasteiger partial charge in [0.1, 0.15) is 5.82 Å². The second-order valence-electron chi connectivity index (χ2n) is 6.08. The summed E-state index contributed by atoms with van der Waals surface area (Å²) < 4.78 is 13.6. The first-order valence-corrected chi connectivity index (χ1v) is 7.77. The molecule has 0 aromatic heterocycles. The second kappa shape index (κ2) is 6.88. The first kappa shape index (κ1) is 15.7. The predicted molar refractivity (Wildman–Crippen MR) is 82.5 cm³/mol. The van der Waals surface area contributed by atoms with Gasteiger partial charge in [0.25, 0.3) is 0 Å². The van der Waals surface area contributed by atoms with Crippen molar-refractivity contribution in [2.24, 2.45) is 5.92 Å². The molecular formula is C16H24ClFN2. The number of nitrogens with one attached hydrogen (secondary N) is 1. The van der Waals surface area contributed by atoms with Crippen LogP contribution in [-0.2, 0) is 6.54 Å². The summed E-state index contributed by atoms with van der Waals surface area (Å²) in [4.78, 5) is 2.41. The Morgan fingerprint density at radius 1 is 1.45 bits per heavy atom. The standard InChI is InChI=1S/C16H24ClFN2/c1-11(2)15-10-20(12(3)7-8-19-15)9-13-5-4-6-14(18)16(13)17/h4-6,11-12,15,19H,7-10H2,1-3H3. The van der Waals surface area contributed by atoms with Gasteiger partial charge in [-0.3, -0.25) is 4.90 Å². The Hall–Kier alpha value is -0.640. The number of hydrogen-bond acceptors (Lipinski definition) is 2. The molecule has 1 aliphatic rings. The maximum absolute atomic E-state index is 13.6. The van der Waals surface area contributed by atoms with Gasteiger partial charge in [-0.15, -0.1) is 0 Å². The lowest BCUT2D eigenvalue weighted by Gasteiger charge is -2.30. The van der Waals surface area contributed by atoms with E-state index in [0.29, 0.717) is 24.5 Å². The summed E-state index contributed by atoms with van der Waals surface area (Å²) in [7, 11) is 0. The van der Waals surface area contributed by atoms with E-state index >= 15 is 0 Å². The predicted octanol–water partition coefficient (Wildman–Crippen LogP) is 3.69. The Morgan fingerprint density at radius 3 is 2.90 bits per heavy atom. The highest BCUT2D eigenvalue weighted by Gasteiger charge is 2.25. The molecule has 2 atom stereocenters. The number of halogens is 2. The topological polar surface area (TPSA) is 15.3 Å². The van der Waals surface area contributed by atoms with E-state index in [1.807, 2.05) is 6.07 Å². The fourth-order valence-electron chi connectivity index (χ4n) is 2.71. The number of hydrogen-bond donors (Lipinski definition) is 1. The van der Waals surface area contributed by atoms with E-state index in [4.69, 9.17) is 11.6 Å². The molecule has 2 nitrogen and oxygen atoms in total. The molecular weight excluding hydrogens is 275 g/mol. The van der Waals surface area contributed by atoms with Crippen molar-refractivity contribution >= 4 is 11.6 Å². The van der Waals surface area contributed by atoms with Crippen LogP contribution in [0.5, 0.6) is 0 Å². The minimum atomic E-state index is -0.329. The number of nitrogens with zero attached hydrogens (tertiary/aromatic N) is 1. The molecule has 1 aliphatic heterocycles. The van der Waals surface area contributed by atoms with Gasteiger partial charge in [-0.2, -0.15) is 0 Å². The fraction of sp³-hybridized carbons (Fsp3) is 0.625. The molecule has 1 N–H and O–H groups in total. The number of benzene rings is 1. The molecule has 0 radical (unpaired) electrons. The first-order chi connectivity index (χ1) is 9.49. The van der Waals surface area contributed by atoms with Crippen LogP contribution >= 0.6 is 11.6 Å². The minimum Gasteiger partial charge on any atom is -0.312 e. The van der Waals surface area contributed by atoms with Gasteiger partial charge in [-0.25, -0.2) is 4.39 Å². The van der Waals surface area contributed by atoms with E-state index in [0.717, 1.165) is 25.1 Å². The van der Waals surface area contributed by atoms with Crippen molar-refractivity contribution in [3.8, 4) is 0 Å². The van der Waals surface area contributed by atoms with Crippen LogP contribution in [0.15, 0.2) is 18.2 Å². The largest absolute Gasteiger partial charge is 0.312 e. The van der Waals surface area contributed by atoms with Crippen molar-refractivity contribution in [2.45, 2.75) is 45.8 Å². The van der Waals surface area contributed by atoms with Gasteiger partial charge in [0.15, 0.2) is 0 Å². The molecule has 1 aromatic rings. The Morgan fingerprint density at radius 2 is 2.20 bits per heavy atom. The van der Waals surface area contributed by atoms with Crippen LogP contribution in [0.3, 0.4) is 0 Å². The third kappa shape index (κ3) is 3.72. The normalized spacial score (nSPS) is 24.9.